The smallest absolute Gasteiger partial charge is 0.407 e. The van der Waals surface area contributed by atoms with Crippen LogP contribution in [-0.4, -0.2) is 30.3 Å². The molecule has 0 saturated heterocycles. The first kappa shape index (κ1) is 19.2. The fraction of sp³-hybridized carbons (Fsp3) is 0.938. The summed E-state index contributed by atoms with van der Waals surface area (Å²) >= 11 is 0. The molecule has 0 saturated carbocycles. The third kappa shape index (κ3) is 10.1. The number of hydrogen-bond acceptors (Lipinski definition) is 3. The van der Waals surface area contributed by atoms with Crippen molar-refractivity contribution in [1.82, 2.24) is 10.6 Å². The average molecular weight is 286 g/mol. The number of carbonyl (C=O) groups excluding carboxylic acids is 1. The van der Waals surface area contributed by atoms with Gasteiger partial charge >= 0.3 is 6.09 Å². The maximum absolute atomic E-state index is 11.8. The van der Waals surface area contributed by atoms with Crippen LogP contribution in [0.2, 0.25) is 0 Å². The van der Waals surface area contributed by atoms with Crippen LogP contribution in [-0.2, 0) is 4.74 Å². The lowest BCUT2D eigenvalue weighted by Gasteiger charge is -2.25. The molecule has 0 aliphatic carbocycles. The van der Waals surface area contributed by atoms with E-state index in [4.69, 9.17) is 4.74 Å². The lowest BCUT2D eigenvalue weighted by molar-refractivity contribution is 0.0501. The van der Waals surface area contributed by atoms with E-state index in [9.17, 15) is 4.79 Å². The molecule has 4 nitrogen and oxygen atoms in total. The van der Waals surface area contributed by atoms with Gasteiger partial charge in [0.15, 0.2) is 0 Å². The number of rotatable bonds is 9. The summed E-state index contributed by atoms with van der Waals surface area (Å²) in [5, 5.41) is 6.49. The second-order valence-electron chi connectivity index (χ2n) is 6.41. The molecule has 0 aliphatic heterocycles. The van der Waals surface area contributed by atoms with Gasteiger partial charge in [-0.2, -0.15) is 0 Å². The SMILES string of the molecule is CCCCC(CC)NCC(CC)NC(=O)OC(C)(C)C. The van der Waals surface area contributed by atoms with Crippen molar-refractivity contribution in [2.45, 2.75) is 91.3 Å². The predicted octanol–water partition coefficient (Wildman–Crippen LogP) is 3.85. The summed E-state index contributed by atoms with van der Waals surface area (Å²) in [7, 11) is 0. The first-order valence-electron chi connectivity index (χ1n) is 8.05. The fourth-order valence-electron chi connectivity index (χ4n) is 1.98. The van der Waals surface area contributed by atoms with Crippen molar-refractivity contribution in [3.05, 3.63) is 0 Å². The van der Waals surface area contributed by atoms with Crippen LogP contribution in [0.4, 0.5) is 4.79 Å². The van der Waals surface area contributed by atoms with Crippen LogP contribution in [0.15, 0.2) is 0 Å². The van der Waals surface area contributed by atoms with E-state index in [0.717, 1.165) is 19.4 Å². The molecule has 1 amide bonds. The molecule has 0 aromatic rings. The summed E-state index contributed by atoms with van der Waals surface area (Å²) in [5.74, 6) is 0. The van der Waals surface area contributed by atoms with Crippen molar-refractivity contribution < 1.29 is 9.53 Å². The highest BCUT2D eigenvalue weighted by molar-refractivity contribution is 5.68. The van der Waals surface area contributed by atoms with E-state index in [-0.39, 0.29) is 12.1 Å². The maximum Gasteiger partial charge on any atom is 0.407 e. The summed E-state index contributed by atoms with van der Waals surface area (Å²) in [6.45, 7) is 12.9. The average Bonchev–Trinajstić information content (AvgIpc) is 2.35. The summed E-state index contributed by atoms with van der Waals surface area (Å²) in [6, 6.07) is 0.671. The van der Waals surface area contributed by atoms with Gasteiger partial charge in [-0.1, -0.05) is 33.6 Å². The molecule has 2 atom stereocenters. The minimum absolute atomic E-state index is 0.125. The van der Waals surface area contributed by atoms with Gasteiger partial charge in [0, 0.05) is 18.6 Å². The van der Waals surface area contributed by atoms with Crippen LogP contribution in [0, 0.1) is 0 Å². The summed E-state index contributed by atoms with van der Waals surface area (Å²) < 4.78 is 5.29. The molecule has 2 unspecified atom stereocenters. The van der Waals surface area contributed by atoms with Gasteiger partial charge in [0.2, 0.25) is 0 Å². The molecule has 0 rings (SSSR count). The lowest BCUT2D eigenvalue weighted by atomic mass is 10.1. The molecule has 20 heavy (non-hydrogen) atoms. The number of ether oxygens (including phenoxy) is 1. The zero-order valence-corrected chi connectivity index (χ0v) is 14.2. The van der Waals surface area contributed by atoms with Crippen LogP contribution < -0.4 is 10.6 Å². The van der Waals surface area contributed by atoms with Crippen molar-refractivity contribution in [2.24, 2.45) is 0 Å². The van der Waals surface area contributed by atoms with Gasteiger partial charge in [0.25, 0.3) is 0 Å². The molecule has 0 heterocycles. The van der Waals surface area contributed by atoms with Crippen molar-refractivity contribution in [3.63, 3.8) is 0 Å². The maximum atomic E-state index is 11.8. The Morgan fingerprint density at radius 3 is 2.15 bits per heavy atom. The second-order valence-corrected chi connectivity index (χ2v) is 6.41. The molecule has 0 radical (unpaired) electrons. The Kier molecular flexibility index (Phi) is 9.64. The number of unbranched alkanes of at least 4 members (excludes halogenated alkanes) is 1. The van der Waals surface area contributed by atoms with Crippen LogP contribution in [0.3, 0.4) is 0 Å². The highest BCUT2D eigenvalue weighted by atomic mass is 16.6. The molecular formula is C16H34N2O2. The Hall–Kier alpha value is -0.770. The largest absolute Gasteiger partial charge is 0.444 e. The molecule has 0 bridgehead atoms. The van der Waals surface area contributed by atoms with E-state index in [1.54, 1.807) is 0 Å². The van der Waals surface area contributed by atoms with E-state index in [2.05, 4.69) is 31.4 Å². The minimum Gasteiger partial charge on any atom is -0.444 e. The molecular weight excluding hydrogens is 252 g/mol. The van der Waals surface area contributed by atoms with Gasteiger partial charge in [0.05, 0.1) is 0 Å². The summed E-state index contributed by atoms with van der Waals surface area (Å²) in [4.78, 5) is 11.8. The van der Waals surface area contributed by atoms with E-state index in [0.29, 0.717) is 6.04 Å². The van der Waals surface area contributed by atoms with Crippen LogP contribution in [0.25, 0.3) is 0 Å². The zero-order valence-electron chi connectivity index (χ0n) is 14.2. The standard InChI is InChI=1S/C16H34N2O2/c1-7-10-11-13(8-2)17-12-14(9-3)18-15(19)20-16(4,5)6/h13-14,17H,7-12H2,1-6H3,(H,18,19). The lowest BCUT2D eigenvalue weighted by Crippen LogP contribution is -2.46. The number of carbonyl (C=O) groups is 1. The van der Waals surface area contributed by atoms with Gasteiger partial charge < -0.3 is 15.4 Å². The molecule has 0 aliphatic rings. The third-order valence-corrected chi connectivity index (χ3v) is 3.27. The zero-order chi connectivity index (χ0) is 15.6. The Labute approximate surface area is 125 Å². The molecule has 0 aromatic heterocycles. The number of nitrogens with one attached hydrogen (secondary N) is 2. The highest BCUT2D eigenvalue weighted by Gasteiger charge is 2.19. The first-order valence-corrected chi connectivity index (χ1v) is 8.05. The summed E-state index contributed by atoms with van der Waals surface area (Å²) in [6.07, 6.45) is 5.38. The molecule has 0 spiro atoms. The van der Waals surface area contributed by atoms with Gasteiger partial charge in [-0.15, -0.1) is 0 Å². The topological polar surface area (TPSA) is 50.4 Å². The fourth-order valence-corrected chi connectivity index (χ4v) is 1.98. The second kappa shape index (κ2) is 10.0. The Morgan fingerprint density at radius 1 is 1.10 bits per heavy atom. The molecule has 0 aromatic carbocycles. The van der Waals surface area contributed by atoms with E-state index in [1.807, 2.05) is 20.8 Å². The third-order valence-electron chi connectivity index (χ3n) is 3.27. The van der Waals surface area contributed by atoms with E-state index in [1.165, 1.54) is 19.3 Å². The Bertz CT molecular complexity index is 262. The van der Waals surface area contributed by atoms with Gasteiger partial charge in [-0.3, -0.25) is 0 Å². The first-order chi connectivity index (χ1) is 9.32. The number of alkyl carbamates (subject to hydrolysis) is 1. The van der Waals surface area contributed by atoms with Gasteiger partial charge in [-0.25, -0.2) is 4.79 Å². The van der Waals surface area contributed by atoms with Crippen molar-refractivity contribution in [2.75, 3.05) is 6.54 Å². The van der Waals surface area contributed by atoms with E-state index < -0.39 is 5.60 Å². The van der Waals surface area contributed by atoms with Gasteiger partial charge in [-0.05, 0) is 40.0 Å². The number of amides is 1. The van der Waals surface area contributed by atoms with Crippen molar-refractivity contribution in [3.8, 4) is 0 Å². The van der Waals surface area contributed by atoms with Crippen molar-refractivity contribution >= 4 is 6.09 Å². The van der Waals surface area contributed by atoms with E-state index >= 15 is 0 Å². The minimum atomic E-state index is -0.442. The normalized spacial score (nSPS) is 14.7. The predicted molar refractivity (Wildman–Crippen MR) is 85.1 cm³/mol. The van der Waals surface area contributed by atoms with Crippen LogP contribution in [0.5, 0.6) is 0 Å². The van der Waals surface area contributed by atoms with Gasteiger partial charge in [0.1, 0.15) is 5.60 Å². The molecule has 2 N–H and O–H groups in total. The molecule has 4 heteroatoms. The quantitative estimate of drug-likeness (QED) is 0.677. The number of hydrogen-bond donors (Lipinski definition) is 2. The molecule has 120 valence electrons. The Morgan fingerprint density at radius 2 is 1.70 bits per heavy atom. The highest BCUT2D eigenvalue weighted by Crippen LogP contribution is 2.08. The Balaban J connectivity index is 4.10. The van der Waals surface area contributed by atoms with Crippen molar-refractivity contribution in [1.29, 1.82) is 0 Å². The molecule has 0 fully saturated rings. The van der Waals surface area contributed by atoms with Crippen LogP contribution in [0.1, 0.15) is 73.6 Å². The van der Waals surface area contributed by atoms with Crippen LogP contribution >= 0.6 is 0 Å². The monoisotopic (exact) mass is 286 g/mol. The summed E-state index contributed by atoms with van der Waals surface area (Å²) in [5.41, 5.74) is -0.442.